The Bertz CT molecular complexity index is 994. The Morgan fingerprint density at radius 1 is 0.938 bits per heavy atom. The average Bonchev–Trinajstić information content (AvgIpc) is 2.72. The van der Waals surface area contributed by atoms with E-state index in [1.807, 2.05) is 0 Å². The zero-order valence-corrected chi connectivity index (χ0v) is 19.1. The first-order chi connectivity index (χ1) is 15.0. The molecule has 0 atom stereocenters. The maximum atomic E-state index is 13.3. The molecule has 0 aromatic heterocycles. The number of nitrogens with zero attached hydrogens (tertiary/aromatic N) is 2. The molecule has 0 unspecified atom stereocenters. The minimum atomic E-state index is -4.74. The summed E-state index contributed by atoms with van der Waals surface area (Å²) >= 11 is 5.62. The third-order valence-corrected chi connectivity index (χ3v) is 10.2. The number of piperazine rings is 1. The standard InChI is InChI=1S/C22H26ClF3N2O3S/c23-19-2-1-17(12-18(19)22(24,25)26)32(30,31)28-5-3-27(4-6-28)21(29)20-15-8-13-7-14(10-15)11-16(20)9-13/h1-2,12-16,20H,3-11H2. The molecule has 1 amide bonds. The van der Waals surface area contributed by atoms with E-state index in [9.17, 15) is 26.4 Å². The highest BCUT2D eigenvalue weighted by atomic mass is 35.5. The van der Waals surface area contributed by atoms with E-state index in [-0.39, 0.29) is 38.0 Å². The molecule has 0 N–H and O–H groups in total. The molecule has 176 valence electrons. The van der Waals surface area contributed by atoms with Crippen LogP contribution in [0.1, 0.15) is 37.7 Å². The monoisotopic (exact) mass is 490 g/mol. The second kappa shape index (κ2) is 7.87. The topological polar surface area (TPSA) is 57.7 Å². The lowest BCUT2D eigenvalue weighted by molar-refractivity contribution is -0.150. The van der Waals surface area contributed by atoms with E-state index in [4.69, 9.17) is 11.6 Å². The lowest BCUT2D eigenvalue weighted by Crippen LogP contribution is -2.56. The largest absolute Gasteiger partial charge is 0.417 e. The van der Waals surface area contributed by atoms with Crippen molar-refractivity contribution in [2.45, 2.75) is 43.2 Å². The van der Waals surface area contributed by atoms with Gasteiger partial charge in [0.2, 0.25) is 15.9 Å². The fourth-order valence-corrected chi connectivity index (χ4v) is 8.39. The van der Waals surface area contributed by atoms with Crippen molar-refractivity contribution in [2.75, 3.05) is 26.2 Å². The van der Waals surface area contributed by atoms with Gasteiger partial charge in [0.15, 0.2) is 0 Å². The molecule has 32 heavy (non-hydrogen) atoms. The first kappa shape index (κ1) is 22.5. The van der Waals surface area contributed by atoms with Crippen LogP contribution in [0.2, 0.25) is 5.02 Å². The maximum Gasteiger partial charge on any atom is 0.417 e. The molecule has 5 aliphatic rings. The number of halogens is 4. The van der Waals surface area contributed by atoms with Crippen molar-refractivity contribution in [3.63, 3.8) is 0 Å². The zero-order valence-electron chi connectivity index (χ0n) is 17.5. The van der Waals surface area contributed by atoms with Crippen molar-refractivity contribution in [1.82, 2.24) is 9.21 Å². The van der Waals surface area contributed by atoms with E-state index in [1.165, 1.54) is 6.42 Å². The Kier molecular flexibility index (Phi) is 5.53. The number of alkyl halides is 3. The Morgan fingerprint density at radius 3 is 2.03 bits per heavy atom. The van der Waals surface area contributed by atoms with Gasteiger partial charge in [-0.1, -0.05) is 11.6 Å². The van der Waals surface area contributed by atoms with Crippen LogP contribution in [0, 0.1) is 29.6 Å². The van der Waals surface area contributed by atoms with Crippen molar-refractivity contribution in [2.24, 2.45) is 29.6 Å². The number of hydrogen-bond acceptors (Lipinski definition) is 3. The normalized spacial score (nSPS) is 33.0. The highest BCUT2D eigenvalue weighted by Gasteiger charge is 2.51. The molecule has 1 aliphatic heterocycles. The summed E-state index contributed by atoms with van der Waals surface area (Å²) in [5.74, 6) is 2.64. The van der Waals surface area contributed by atoms with Crippen LogP contribution in [-0.2, 0) is 21.0 Å². The van der Waals surface area contributed by atoms with Crippen molar-refractivity contribution in [3.05, 3.63) is 28.8 Å². The van der Waals surface area contributed by atoms with Crippen LogP contribution in [0.4, 0.5) is 13.2 Å². The summed E-state index contributed by atoms with van der Waals surface area (Å²) in [5, 5.41) is -0.539. The minimum absolute atomic E-state index is 0.0524. The van der Waals surface area contributed by atoms with E-state index in [1.54, 1.807) is 4.90 Å². The highest BCUT2D eigenvalue weighted by molar-refractivity contribution is 7.89. The van der Waals surface area contributed by atoms with Crippen LogP contribution >= 0.6 is 11.6 Å². The molecule has 1 aromatic rings. The summed E-state index contributed by atoms with van der Waals surface area (Å²) in [6.45, 7) is 0.678. The summed E-state index contributed by atoms with van der Waals surface area (Å²) in [6, 6.07) is 2.64. The van der Waals surface area contributed by atoms with E-state index >= 15 is 0 Å². The van der Waals surface area contributed by atoms with E-state index < -0.39 is 31.7 Å². The molecule has 4 saturated carbocycles. The Balaban J connectivity index is 1.27. The summed E-state index contributed by atoms with van der Waals surface area (Å²) in [5.41, 5.74) is -1.17. The molecular formula is C22H26ClF3N2O3S. The van der Waals surface area contributed by atoms with Gasteiger partial charge in [0, 0.05) is 32.1 Å². The number of amides is 1. The van der Waals surface area contributed by atoms with Crippen molar-refractivity contribution in [3.8, 4) is 0 Å². The second-order valence-corrected chi connectivity index (χ2v) is 12.2. The first-order valence-corrected chi connectivity index (χ1v) is 13.0. The van der Waals surface area contributed by atoms with Gasteiger partial charge in [-0.3, -0.25) is 4.79 Å². The molecular weight excluding hydrogens is 465 g/mol. The number of benzene rings is 1. The number of carbonyl (C=O) groups excluding carboxylic acids is 1. The van der Waals surface area contributed by atoms with Crippen LogP contribution in [-0.4, -0.2) is 49.7 Å². The minimum Gasteiger partial charge on any atom is -0.340 e. The summed E-state index contributed by atoms with van der Waals surface area (Å²) in [6.07, 6.45) is 1.11. The second-order valence-electron chi connectivity index (χ2n) is 9.83. The molecule has 1 saturated heterocycles. The first-order valence-electron chi connectivity index (χ1n) is 11.2. The average molecular weight is 491 g/mol. The molecule has 5 fully saturated rings. The predicted octanol–water partition coefficient (Wildman–Crippen LogP) is 4.26. The van der Waals surface area contributed by atoms with Crippen LogP contribution in [0.3, 0.4) is 0 Å². The number of hydrogen-bond donors (Lipinski definition) is 0. The Morgan fingerprint density at radius 2 is 1.50 bits per heavy atom. The third-order valence-electron chi connectivity index (χ3n) is 7.94. The lowest BCUT2D eigenvalue weighted by atomic mass is 9.51. The molecule has 1 heterocycles. The van der Waals surface area contributed by atoms with Crippen molar-refractivity contribution >= 4 is 27.5 Å². The Hall–Kier alpha value is -1.32. The highest BCUT2D eigenvalue weighted by Crippen LogP contribution is 2.56. The smallest absolute Gasteiger partial charge is 0.340 e. The third kappa shape index (κ3) is 3.84. The molecule has 1 aromatic carbocycles. The quantitative estimate of drug-likeness (QED) is 0.636. The molecule has 6 rings (SSSR count). The zero-order chi connectivity index (χ0) is 22.8. The van der Waals surface area contributed by atoms with Gasteiger partial charge in [0.1, 0.15) is 0 Å². The van der Waals surface area contributed by atoms with Crippen molar-refractivity contribution < 1.29 is 26.4 Å². The van der Waals surface area contributed by atoms with Gasteiger partial charge in [0.05, 0.1) is 15.5 Å². The number of carbonyl (C=O) groups is 1. The SMILES string of the molecule is O=C(C1C2CC3CC(C2)CC1C3)N1CCN(S(=O)(=O)c2ccc(Cl)c(C(F)(F)F)c2)CC1. The van der Waals surface area contributed by atoms with Gasteiger partial charge in [-0.05, 0) is 74.0 Å². The van der Waals surface area contributed by atoms with Gasteiger partial charge in [-0.15, -0.1) is 0 Å². The van der Waals surface area contributed by atoms with Gasteiger partial charge < -0.3 is 4.90 Å². The summed E-state index contributed by atoms with van der Waals surface area (Å²) < 4.78 is 66.6. The predicted molar refractivity (Wildman–Crippen MR) is 112 cm³/mol. The van der Waals surface area contributed by atoms with E-state index in [0.717, 1.165) is 54.0 Å². The molecule has 4 bridgehead atoms. The molecule has 5 nitrogen and oxygen atoms in total. The summed E-state index contributed by atoms with van der Waals surface area (Å²) in [4.78, 5) is 14.7. The maximum absolute atomic E-state index is 13.3. The molecule has 0 spiro atoms. The van der Waals surface area contributed by atoms with Crippen LogP contribution in [0.5, 0.6) is 0 Å². The van der Waals surface area contributed by atoms with Crippen molar-refractivity contribution in [1.29, 1.82) is 0 Å². The van der Waals surface area contributed by atoms with Crippen LogP contribution in [0.15, 0.2) is 23.1 Å². The van der Waals surface area contributed by atoms with Gasteiger partial charge >= 0.3 is 6.18 Å². The van der Waals surface area contributed by atoms with E-state index in [0.29, 0.717) is 17.9 Å². The van der Waals surface area contributed by atoms with Crippen LogP contribution < -0.4 is 0 Å². The fraction of sp³-hybridized carbons (Fsp3) is 0.682. The fourth-order valence-electron chi connectivity index (χ4n) is 6.72. The van der Waals surface area contributed by atoms with Gasteiger partial charge in [0.25, 0.3) is 0 Å². The number of rotatable bonds is 3. The molecule has 10 heteroatoms. The Labute approximate surface area is 190 Å². The summed E-state index contributed by atoms with van der Waals surface area (Å²) in [7, 11) is -4.12. The number of sulfonamides is 1. The van der Waals surface area contributed by atoms with Gasteiger partial charge in [-0.2, -0.15) is 17.5 Å². The molecule has 0 radical (unpaired) electrons. The molecule has 4 aliphatic carbocycles. The van der Waals surface area contributed by atoms with Gasteiger partial charge in [-0.25, -0.2) is 8.42 Å². The van der Waals surface area contributed by atoms with E-state index in [2.05, 4.69) is 0 Å². The lowest BCUT2D eigenvalue weighted by Gasteiger charge is -2.54. The van der Waals surface area contributed by atoms with Crippen LogP contribution in [0.25, 0.3) is 0 Å².